The molecule has 1 N–H and O–H groups in total. The lowest BCUT2D eigenvalue weighted by Gasteiger charge is -2.49. The second kappa shape index (κ2) is 9.65. The van der Waals surface area contributed by atoms with Crippen molar-refractivity contribution in [2.24, 2.45) is 5.92 Å². The Morgan fingerprint density at radius 2 is 1.83 bits per heavy atom. The topological polar surface area (TPSA) is 35.6 Å². The number of hydrogen-bond donors (Lipinski definition) is 1. The van der Waals surface area contributed by atoms with Gasteiger partial charge in [-0.15, -0.1) is 0 Å². The van der Waals surface area contributed by atoms with Gasteiger partial charge < -0.3 is 15.1 Å². The summed E-state index contributed by atoms with van der Waals surface area (Å²) in [4.78, 5) is 17.6. The summed E-state index contributed by atoms with van der Waals surface area (Å²) < 4.78 is 54.3. The lowest BCUT2D eigenvalue weighted by Crippen LogP contribution is -2.61. The first kappa shape index (κ1) is 24.4. The molecule has 188 valence electrons. The normalized spacial score (nSPS) is 19.5. The molecule has 1 fully saturated rings. The van der Waals surface area contributed by atoms with E-state index < -0.39 is 23.5 Å². The quantitative estimate of drug-likeness (QED) is 0.452. The summed E-state index contributed by atoms with van der Waals surface area (Å²) in [6.07, 6.45) is -4.31. The number of nitrogens with zero attached hydrogens (tertiary/aromatic N) is 2. The van der Waals surface area contributed by atoms with Gasteiger partial charge >= 0.3 is 6.18 Å². The maximum Gasteiger partial charge on any atom is 0.416 e. The molecule has 2 aliphatic heterocycles. The molecule has 2 aliphatic rings. The molecule has 4 nitrogen and oxygen atoms in total. The number of amides is 1. The Morgan fingerprint density at radius 3 is 2.58 bits per heavy atom. The van der Waals surface area contributed by atoms with Crippen LogP contribution >= 0.6 is 11.6 Å². The van der Waals surface area contributed by atoms with Crippen molar-refractivity contribution in [3.8, 4) is 0 Å². The molecule has 1 amide bonds. The maximum atomic E-state index is 14.1. The van der Waals surface area contributed by atoms with E-state index in [9.17, 15) is 22.4 Å². The zero-order valence-corrected chi connectivity index (χ0v) is 20.0. The van der Waals surface area contributed by atoms with Crippen LogP contribution in [-0.2, 0) is 23.9 Å². The Hall–Kier alpha value is -3.26. The zero-order valence-electron chi connectivity index (χ0n) is 19.2. The minimum atomic E-state index is -4.47. The number of alkyl halides is 3. The second-order valence-corrected chi connectivity index (χ2v) is 9.58. The third-order valence-corrected chi connectivity index (χ3v) is 7.20. The summed E-state index contributed by atoms with van der Waals surface area (Å²) in [6.45, 7) is 1.66. The van der Waals surface area contributed by atoms with Crippen LogP contribution in [0, 0.1) is 11.7 Å². The van der Waals surface area contributed by atoms with Crippen molar-refractivity contribution >= 4 is 28.9 Å². The smallest absolute Gasteiger partial charge is 0.368 e. The van der Waals surface area contributed by atoms with Gasteiger partial charge in [-0.1, -0.05) is 35.9 Å². The predicted octanol–water partition coefficient (Wildman–Crippen LogP) is 5.68. The molecule has 0 saturated carbocycles. The lowest BCUT2D eigenvalue weighted by molar-refractivity contribution is -0.137. The van der Waals surface area contributed by atoms with Crippen LogP contribution in [0.3, 0.4) is 0 Å². The standard InChI is InChI=1S/C27H24ClF4N3O/c28-20-5-3-6-21(14-20)34-10-11-35-24-9-8-19(27(30,31)32)12-18(24)13-22(25(35)16-34)26(36)33-15-17-4-1-2-7-23(17)29/h1-9,12,14,22,25H,10-11,13,15-16H2,(H,33,36)/t22-,25+/m1/s1. The molecule has 3 aromatic carbocycles. The number of piperazine rings is 1. The number of carbonyl (C=O) groups excluding carboxylic acids is 1. The van der Waals surface area contributed by atoms with Crippen LogP contribution in [0.4, 0.5) is 28.9 Å². The minimum Gasteiger partial charge on any atom is -0.368 e. The minimum absolute atomic E-state index is 0.00216. The third-order valence-electron chi connectivity index (χ3n) is 6.96. The van der Waals surface area contributed by atoms with Crippen molar-refractivity contribution in [2.45, 2.75) is 25.2 Å². The maximum absolute atomic E-state index is 14.1. The van der Waals surface area contributed by atoms with Crippen LogP contribution in [0.2, 0.25) is 5.02 Å². The van der Waals surface area contributed by atoms with Gasteiger partial charge in [-0.25, -0.2) is 4.39 Å². The van der Waals surface area contributed by atoms with Gasteiger partial charge in [0, 0.05) is 48.1 Å². The van der Waals surface area contributed by atoms with E-state index in [1.54, 1.807) is 24.3 Å². The average molecular weight is 518 g/mol. The fourth-order valence-corrected chi connectivity index (χ4v) is 5.35. The molecule has 5 rings (SSSR count). The molecule has 0 radical (unpaired) electrons. The average Bonchev–Trinajstić information content (AvgIpc) is 2.86. The molecule has 0 aliphatic carbocycles. The summed E-state index contributed by atoms with van der Waals surface area (Å²) in [6, 6.07) is 17.1. The molecule has 3 aromatic rings. The molecule has 1 saturated heterocycles. The first-order valence-corrected chi connectivity index (χ1v) is 12.1. The zero-order chi connectivity index (χ0) is 25.4. The number of fused-ring (bicyclic) bond motifs is 3. The van der Waals surface area contributed by atoms with Crippen molar-refractivity contribution in [3.63, 3.8) is 0 Å². The molecule has 0 spiro atoms. The van der Waals surface area contributed by atoms with E-state index >= 15 is 0 Å². The van der Waals surface area contributed by atoms with Crippen LogP contribution in [0.15, 0.2) is 66.7 Å². The summed E-state index contributed by atoms with van der Waals surface area (Å²) in [5.41, 5.74) is 1.75. The predicted molar refractivity (Wildman–Crippen MR) is 132 cm³/mol. The molecule has 0 aromatic heterocycles. The van der Waals surface area contributed by atoms with E-state index in [0.29, 0.717) is 35.8 Å². The van der Waals surface area contributed by atoms with Crippen LogP contribution in [-0.4, -0.2) is 31.6 Å². The van der Waals surface area contributed by atoms with E-state index in [-0.39, 0.29) is 24.9 Å². The molecule has 0 bridgehead atoms. The van der Waals surface area contributed by atoms with Gasteiger partial charge in [0.1, 0.15) is 5.82 Å². The Morgan fingerprint density at radius 1 is 1.03 bits per heavy atom. The number of hydrogen-bond acceptors (Lipinski definition) is 3. The molecule has 2 heterocycles. The van der Waals surface area contributed by atoms with Gasteiger partial charge in [-0.3, -0.25) is 4.79 Å². The van der Waals surface area contributed by atoms with Gasteiger partial charge in [0.05, 0.1) is 17.5 Å². The first-order valence-electron chi connectivity index (χ1n) is 11.7. The van der Waals surface area contributed by atoms with Gasteiger partial charge in [0.25, 0.3) is 0 Å². The van der Waals surface area contributed by atoms with Crippen LogP contribution < -0.4 is 15.1 Å². The second-order valence-electron chi connectivity index (χ2n) is 9.15. The van der Waals surface area contributed by atoms with Gasteiger partial charge in [-0.2, -0.15) is 13.2 Å². The van der Waals surface area contributed by atoms with Crippen LogP contribution in [0.1, 0.15) is 16.7 Å². The number of halogens is 5. The van der Waals surface area contributed by atoms with Crippen LogP contribution in [0.25, 0.3) is 0 Å². The van der Waals surface area contributed by atoms with Crippen molar-refractivity contribution < 1.29 is 22.4 Å². The van der Waals surface area contributed by atoms with Crippen molar-refractivity contribution in [2.75, 3.05) is 29.4 Å². The number of rotatable bonds is 4. The number of carbonyl (C=O) groups is 1. The lowest BCUT2D eigenvalue weighted by atomic mass is 9.82. The highest BCUT2D eigenvalue weighted by Crippen LogP contribution is 2.40. The van der Waals surface area contributed by atoms with Gasteiger partial charge in [-0.05, 0) is 54.4 Å². The van der Waals surface area contributed by atoms with Crippen LogP contribution in [0.5, 0.6) is 0 Å². The first-order chi connectivity index (χ1) is 17.2. The monoisotopic (exact) mass is 517 g/mol. The fraction of sp³-hybridized carbons (Fsp3) is 0.296. The summed E-state index contributed by atoms with van der Waals surface area (Å²) in [5.74, 6) is -1.35. The summed E-state index contributed by atoms with van der Waals surface area (Å²) in [5, 5.41) is 3.41. The van der Waals surface area contributed by atoms with Gasteiger partial charge in [0.2, 0.25) is 5.91 Å². The highest BCUT2D eigenvalue weighted by molar-refractivity contribution is 6.30. The van der Waals surface area contributed by atoms with E-state index in [0.717, 1.165) is 23.5 Å². The van der Waals surface area contributed by atoms with E-state index in [1.807, 2.05) is 23.1 Å². The number of benzene rings is 3. The number of anilines is 2. The molecule has 0 unspecified atom stereocenters. The molecule has 9 heteroatoms. The highest BCUT2D eigenvalue weighted by atomic mass is 35.5. The SMILES string of the molecule is O=C(NCc1ccccc1F)[C@@H]1Cc2cc(C(F)(F)F)ccc2N2CCN(c3cccc(Cl)c3)C[C@@H]12. The molecular formula is C27H24ClF4N3O. The Balaban J connectivity index is 1.45. The molecule has 2 atom stereocenters. The van der Waals surface area contributed by atoms with E-state index in [2.05, 4.69) is 10.2 Å². The third kappa shape index (κ3) is 4.87. The molecular weight excluding hydrogens is 494 g/mol. The Bertz CT molecular complexity index is 1280. The Labute approximate surface area is 211 Å². The highest BCUT2D eigenvalue weighted by Gasteiger charge is 2.42. The fourth-order valence-electron chi connectivity index (χ4n) is 5.16. The molecule has 36 heavy (non-hydrogen) atoms. The van der Waals surface area contributed by atoms with Crippen molar-refractivity contribution in [3.05, 3.63) is 94.3 Å². The van der Waals surface area contributed by atoms with Gasteiger partial charge in [0.15, 0.2) is 0 Å². The largest absolute Gasteiger partial charge is 0.416 e. The Kier molecular flexibility index (Phi) is 6.55. The van der Waals surface area contributed by atoms with E-state index in [4.69, 9.17) is 11.6 Å². The summed E-state index contributed by atoms with van der Waals surface area (Å²) in [7, 11) is 0. The van der Waals surface area contributed by atoms with Crippen molar-refractivity contribution in [1.82, 2.24) is 5.32 Å². The van der Waals surface area contributed by atoms with E-state index in [1.165, 1.54) is 12.1 Å². The summed E-state index contributed by atoms with van der Waals surface area (Å²) >= 11 is 6.19. The number of nitrogens with one attached hydrogen (secondary N) is 1. The van der Waals surface area contributed by atoms with Crippen molar-refractivity contribution in [1.29, 1.82) is 0 Å².